The summed E-state index contributed by atoms with van der Waals surface area (Å²) >= 11 is 3.45. The summed E-state index contributed by atoms with van der Waals surface area (Å²) in [6, 6.07) is 26.0. The van der Waals surface area contributed by atoms with Gasteiger partial charge in [0.1, 0.15) is 0 Å². The lowest BCUT2D eigenvalue weighted by atomic mass is 10.1. The maximum Gasteiger partial charge on any atom is 0.244 e. The minimum atomic E-state index is 0.466. The molecule has 0 aliphatic rings. The number of hydrogen-bond acceptors (Lipinski definition) is 4. The number of nitrogens with zero attached hydrogens (tertiary/aromatic N) is 3. The third-order valence-corrected chi connectivity index (χ3v) is 4.37. The summed E-state index contributed by atoms with van der Waals surface area (Å²) in [6.07, 6.45) is 1.74. The van der Waals surface area contributed by atoms with Crippen molar-refractivity contribution in [1.82, 2.24) is 9.97 Å². The molecule has 4 aromatic rings. The number of hydrazone groups is 1. The molecule has 0 saturated heterocycles. The number of benzene rings is 3. The van der Waals surface area contributed by atoms with Gasteiger partial charge in [-0.05, 0) is 23.8 Å². The van der Waals surface area contributed by atoms with Crippen LogP contribution < -0.4 is 5.43 Å². The Kier molecular flexibility index (Phi) is 4.71. The molecule has 0 bridgehead atoms. The first-order valence-electron chi connectivity index (χ1n) is 8.16. The van der Waals surface area contributed by atoms with Crippen LogP contribution in [0.4, 0.5) is 5.95 Å². The number of anilines is 1. The van der Waals surface area contributed by atoms with Crippen LogP contribution in [0.1, 0.15) is 5.56 Å². The summed E-state index contributed by atoms with van der Waals surface area (Å²) in [5.74, 6) is 0.466. The third kappa shape index (κ3) is 3.63. The first kappa shape index (κ1) is 16.4. The molecule has 26 heavy (non-hydrogen) atoms. The van der Waals surface area contributed by atoms with Crippen molar-refractivity contribution in [3.05, 3.63) is 88.9 Å². The fourth-order valence-electron chi connectivity index (χ4n) is 2.69. The Morgan fingerprint density at radius 2 is 1.65 bits per heavy atom. The van der Waals surface area contributed by atoms with Gasteiger partial charge in [0.05, 0.1) is 17.4 Å². The number of aromatic nitrogens is 2. The van der Waals surface area contributed by atoms with Crippen molar-refractivity contribution in [2.45, 2.75) is 0 Å². The van der Waals surface area contributed by atoms with E-state index in [4.69, 9.17) is 0 Å². The van der Waals surface area contributed by atoms with Gasteiger partial charge >= 0.3 is 0 Å². The molecule has 0 unspecified atom stereocenters. The average molecular weight is 403 g/mol. The molecule has 0 saturated carbocycles. The first-order valence-corrected chi connectivity index (χ1v) is 8.96. The highest BCUT2D eigenvalue weighted by Crippen LogP contribution is 2.26. The number of nitrogens with one attached hydrogen (secondary N) is 1. The zero-order valence-corrected chi connectivity index (χ0v) is 15.4. The van der Waals surface area contributed by atoms with E-state index >= 15 is 0 Å². The van der Waals surface area contributed by atoms with Gasteiger partial charge < -0.3 is 0 Å². The Labute approximate surface area is 159 Å². The Morgan fingerprint density at radius 3 is 2.50 bits per heavy atom. The molecule has 3 aromatic carbocycles. The third-order valence-electron chi connectivity index (χ3n) is 3.88. The van der Waals surface area contributed by atoms with Crippen LogP contribution in [0, 0.1) is 0 Å². The Bertz CT molecular complexity index is 1080. The molecule has 4 rings (SSSR count). The van der Waals surface area contributed by atoms with Crippen molar-refractivity contribution in [3.63, 3.8) is 0 Å². The Morgan fingerprint density at radius 1 is 0.846 bits per heavy atom. The molecular formula is C21H15BrN4. The highest BCUT2D eigenvalue weighted by molar-refractivity contribution is 9.10. The molecular weight excluding hydrogens is 388 g/mol. The van der Waals surface area contributed by atoms with Crippen molar-refractivity contribution < 1.29 is 0 Å². The van der Waals surface area contributed by atoms with Crippen LogP contribution in [0.3, 0.4) is 0 Å². The molecule has 126 valence electrons. The number of fused-ring (bicyclic) bond motifs is 1. The number of hydrogen-bond donors (Lipinski definition) is 1. The summed E-state index contributed by atoms with van der Waals surface area (Å²) in [6.45, 7) is 0. The van der Waals surface area contributed by atoms with E-state index in [0.717, 1.165) is 32.2 Å². The second kappa shape index (κ2) is 7.45. The van der Waals surface area contributed by atoms with Gasteiger partial charge in [0, 0.05) is 15.4 Å². The van der Waals surface area contributed by atoms with E-state index in [-0.39, 0.29) is 0 Å². The smallest absolute Gasteiger partial charge is 0.244 e. The van der Waals surface area contributed by atoms with E-state index in [1.165, 1.54) is 0 Å². The lowest BCUT2D eigenvalue weighted by Crippen LogP contribution is -1.99. The molecule has 0 fully saturated rings. The van der Waals surface area contributed by atoms with Crippen LogP contribution >= 0.6 is 15.9 Å². The topological polar surface area (TPSA) is 50.2 Å². The van der Waals surface area contributed by atoms with Crippen LogP contribution in [0.15, 0.2) is 88.4 Å². The molecule has 0 aliphatic heterocycles. The molecule has 1 heterocycles. The second-order valence-electron chi connectivity index (χ2n) is 5.70. The van der Waals surface area contributed by atoms with Crippen molar-refractivity contribution in [1.29, 1.82) is 0 Å². The summed E-state index contributed by atoms with van der Waals surface area (Å²) in [4.78, 5) is 9.24. The molecule has 5 heteroatoms. The average Bonchev–Trinajstić information content (AvgIpc) is 2.68. The van der Waals surface area contributed by atoms with E-state index in [1.54, 1.807) is 6.21 Å². The molecule has 0 amide bonds. The zero-order chi connectivity index (χ0) is 17.8. The molecule has 1 aromatic heterocycles. The van der Waals surface area contributed by atoms with E-state index < -0.39 is 0 Å². The van der Waals surface area contributed by atoms with Crippen LogP contribution in [0.5, 0.6) is 0 Å². The van der Waals surface area contributed by atoms with Crippen molar-refractivity contribution in [3.8, 4) is 11.3 Å². The minimum absolute atomic E-state index is 0.466. The van der Waals surface area contributed by atoms with Gasteiger partial charge in [-0.2, -0.15) is 5.10 Å². The maximum absolute atomic E-state index is 4.67. The second-order valence-corrected chi connectivity index (χ2v) is 6.62. The van der Waals surface area contributed by atoms with Crippen molar-refractivity contribution in [2.24, 2.45) is 5.10 Å². The molecule has 0 spiro atoms. The van der Waals surface area contributed by atoms with Crippen LogP contribution in [-0.2, 0) is 0 Å². The normalized spacial score (nSPS) is 11.1. The van der Waals surface area contributed by atoms with Gasteiger partial charge in [-0.1, -0.05) is 76.6 Å². The maximum atomic E-state index is 4.67. The van der Waals surface area contributed by atoms with Crippen molar-refractivity contribution >= 4 is 39.0 Å². The van der Waals surface area contributed by atoms with Gasteiger partial charge in [0.25, 0.3) is 0 Å². The van der Waals surface area contributed by atoms with Crippen LogP contribution in [0.25, 0.3) is 22.2 Å². The summed E-state index contributed by atoms with van der Waals surface area (Å²) in [7, 11) is 0. The number of rotatable bonds is 4. The van der Waals surface area contributed by atoms with E-state index in [9.17, 15) is 0 Å². The Hall–Kier alpha value is -3.05. The lowest BCUT2D eigenvalue weighted by molar-refractivity contribution is 1.16. The number of para-hydroxylation sites is 1. The van der Waals surface area contributed by atoms with E-state index in [2.05, 4.69) is 36.4 Å². The summed E-state index contributed by atoms with van der Waals surface area (Å²) in [5.41, 5.74) is 6.74. The van der Waals surface area contributed by atoms with Gasteiger partial charge in [-0.15, -0.1) is 0 Å². The monoisotopic (exact) mass is 402 g/mol. The standard InChI is InChI=1S/C21H15BrN4/c22-17-10-6-7-15(13-17)14-23-26-21-24-19-12-5-4-11-18(19)20(25-21)16-8-2-1-3-9-16/h1-14H,(H,24,25,26)/b23-14+. The quantitative estimate of drug-likeness (QED) is 0.361. The van der Waals surface area contributed by atoms with Gasteiger partial charge in [0.2, 0.25) is 5.95 Å². The largest absolute Gasteiger partial charge is 0.245 e. The summed E-state index contributed by atoms with van der Waals surface area (Å²) in [5, 5.41) is 5.29. The predicted octanol–water partition coefficient (Wildman–Crippen LogP) is 5.51. The highest BCUT2D eigenvalue weighted by Gasteiger charge is 2.08. The van der Waals surface area contributed by atoms with Crippen LogP contribution in [-0.4, -0.2) is 16.2 Å². The van der Waals surface area contributed by atoms with E-state index in [1.807, 2.05) is 78.9 Å². The molecule has 0 aliphatic carbocycles. The zero-order valence-electron chi connectivity index (χ0n) is 13.8. The van der Waals surface area contributed by atoms with E-state index in [0.29, 0.717) is 5.95 Å². The lowest BCUT2D eigenvalue weighted by Gasteiger charge is -2.08. The molecule has 1 N–H and O–H groups in total. The fraction of sp³-hybridized carbons (Fsp3) is 0. The molecule has 0 radical (unpaired) electrons. The SMILES string of the molecule is Brc1cccc(/C=N/Nc2nc(-c3ccccc3)c3ccccc3n2)c1. The van der Waals surface area contributed by atoms with Gasteiger partial charge in [-0.3, -0.25) is 0 Å². The number of halogens is 1. The predicted molar refractivity (Wildman–Crippen MR) is 110 cm³/mol. The van der Waals surface area contributed by atoms with Gasteiger partial charge in [-0.25, -0.2) is 15.4 Å². The van der Waals surface area contributed by atoms with Gasteiger partial charge in [0.15, 0.2) is 0 Å². The fourth-order valence-corrected chi connectivity index (χ4v) is 3.11. The van der Waals surface area contributed by atoms with Crippen LogP contribution in [0.2, 0.25) is 0 Å². The molecule has 4 nitrogen and oxygen atoms in total. The molecule has 0 atom stereocenters. The van der Waals surface area contributed by atoms with Crippen molar-refractivity contribution in [2.75, 3.05) is 5.43 Å². The minimum Gasteiger partial charge on any atom is -0.245 e. The summed E-state index contributed by atoms with van der Waals surface area (Å²) < 4.78 is 1.01. The Balaban J connectivity index is 1.70. The first-order chi connectivity index (χ1) is 12.8. The highest BCUT2D eigenvalue weighted by atomic mass is 79.9.